The predicted molar refractivity (Wildman–Crippen MR) is 52.0 cm³/mol. The zero-order chi connectivity index (χ0) is 7.84. The standard InChI is InChI=1S/C10H18S/c1-7-5-8-3-2-4-9(6-8)10(7)11/h7-11H,2-6H2,1H3. The summed E-state index contributed by atoms with van der Waals surface area (Å²) >= 11 is 4.71. The van der Waals surface area contributed by atoms with Crippen LogP contribution in [0.5, 0.6) is 0 Å². The molecule has 0 aromatic heterocycles. The van der Waals surface area contributed by atoms with Crippen LogP contribution in [0.4, 0.5) is 0 Å². The Balaban J connectivity index is 2.05. The molecule has 0 heterocycles. The third kappa shape index (κ3) is 1.44. The molecule has 0 N–H and O–H groups in total. The van der Waals surface area contributed by atoms with Crippen molar-refractivity contribution in [3.8, 4) is 0 Å². The van der Waals surface area contributed by atoms with Crippen LogP contribution in [0.1, 0.15) is 39.0 Å². The first kappa shape index (κ1) is 7.97. The maximum atomic E-state index is 4.71. The van der Waals surface area contributed by atoms with Crippen molar-refractivity contribution in [2.75, 3.05) is 0 Å². The fourth-order valence-electron chi connectivity index (χ4n) is 2.99. The van der Waals surface area contributed by atoms with E-state index in [1.807, 2.05) is 0 Å². The second-order valence-electron chi connectivity index (χ2n) is 4.50. The van der Waals surface area contributed by atoms with Gasteiger partial charge >= 0.3 is 0 Å². The minimum absolute atomic E-state index is 0.714. The van der Waals surface area contributed by atoms with Gasteiger partial charge in [0.15, 0.2) is 0 Å². The van der Waals surface area contributed by atoms with E-state index in [1.165, 1.54) is 32.1 Å². The second-order valence-corrected chi connectivity index (χ2v) is 5.09. The van der Waals surface area contributed by atoms with E-state index in [-0.39, 0.29) is 0 Å². The lowest BCUT2D eigenvalue weighted by atomic mass is 9.68. The van der Waals surface area contributed by atoms with Gasteiger partial charge in [-0.25, -0.2) is 0 Å². The van der Waals surface area contributed by atoms with Gasteiger partial charge in [0.05, 0.1) is 0 Å². The van der Waals surface area contributed by atoms with Crippen LogP contribution in [0.2, 0.25) is 0 Å². The van der Waals surface area contributed by atoms with Gasteiger partial charge < -0.3 is 0 Å². The third-order valence-electron chi connectivity index (χ3n) is 3.59. The minimum Gasteiger partial charge on any atom is -0.175 e. The molecule has 64 valence electrons. The van der Waals surface area contributed by atoms with E-state index < -0.39 is 0 Å². The SMILES string of the molecule is CC1CC2CCCC(C2)C1S. The molecule has 2 aliphatic carbocycles. The maximum absolute atomic E-state index is 4.71. The van der Waals surface area contributed by atoms with Crippen LogP contribution in [0.3, 0.4) is 0 Å². The van der Waals surface area contributed by atoms with Gasteiger partial charge in [0.1, 0.15) is 0 Å². The lowest BCUT2D eigenvalue weighted by Gasteiger charge is -2.42. The highest BCUT2D eigenvalue weighted by Gasteiger charge is 2.35. The molecule has 2 rings (SSSR count). The van der Waals surface area contributed by atoms with Crippen LogP contribution in [0.25, 0.3) is 0 Å². The first-order chi connectivity index (χ1) is 5.27. The number of fused-ring (bicyclic) bond motifs is 2. The van der Waals surface area contributed by atoms with Crippen LogP contribution in [-0.2, 0) is 0 Å². The molecule has 11 heavy (non-hydrogen) atoms. The topological polar surface area (TPSA) is 0 Å². The predicted octanol–water partition coefficient (Wildman–Crippen LogP) is 3.13. The summed E-state index contributed by atoms with van der Waals surface area (Å²) in [5, 5.41) is 0.714. The summed E-state index contributed by atoms with van der Waals surface area (Å²) < 4.78 is 0. The van der Waals surface area contributed by atoms with Crippen LogP contribution < -0.4 is 0 Å². The molecule has 0 nitrogen and oxygen atoms in total. The summed E-state index contributed by atoms with van der Waals surface area (Å²) in [6, 6.07) is 0. The molecule has 0 aromatic rings. The average Bonchev–Trinajstić information content (AvgIpc) is 2.01. The molecular formula is C10H18S. The molecule has 2 aliphatic rings. The van der Waals surface area contributed by atoms with Gasteiger partial charge in [-0.15, -0.1) is 0 Å². The van der Waals surface area contributed by atoms with Crippen LogP contribution in [-0.4, -0.2) is 5.25 Å². The van der Waals surface area contributed by atoms with E-state index in [2.05, 4.69) is 6.92 Å². The smallest absolute Gasteiger partial charge is 0.00709 e. The highest BCUT2D eigenvalue weighted by atomic mass is 32.1. The van der Waals surface area contributed by atoms with Gasteiger partial charge in [-0.3, -0.25) is 0 Å². The van der Waals surface area contributed by atoms with E-state index in [0.717, 1.165) is 17.8 Å². The fraction of sp³-hybridized carbons (Fsp3) is 1.00. The summed E-state index contributed by atoms with van der Waals surface area (Å²) in [4.78, 5) is 0. The average molecular weight is 170 g/mol. The van der Waals surface area contributed by atoms with Gasteiger partial charge in [-0.1, -0.05) is 19.8 Å². The largest absolute Gasteiger partial charge is 0.175 e. The highest BCUT2D eigenvalue weighted by molar-refractivity contribution is 7.81. The molecule has 0 spiro atoms. The van der Waals surface area contributed by atoms with Gasteiger partial charge in [-0.2, -0.15) is 12.6 Å². The van der Waals surface area contributed by atoms with Crippen molar-refractivity contribution in [3.63, 3.8) is 0 Å². The summed E-state index contributed by atoms with van der Waals surface area (Å²) in [6.07, 6.45) is 7.36. The molecule has 0 amide bonds. The molecule has 0 radical (unpaired) electrons. The van der Waals surface area contributed by atoms with Gasteiger partial charge in [0, 0.05) is 5.25 Å². The summed E-state index contributed by atoms with van der Waals surface area (Å²) in [5.74, 6) is 2.90. The van der Waals surface area contributed by atoms with Crippen LogP contribution in [0, 0.1) is 17.8 Å². The van der Waals surface area contributed by atoms with Crippen molar-refractivity contribution in [1.29, 1.82) is 0 Å². The first-order valence-electron chi connectivity index (χ1n) is 4.95. The Morgan fingerprint density at radius 1 is 1.18 bits per heavy atom. The second kappa shape index (κ2) is 3.01. The lowest BCUT2D eigenvalue weighted by Crippen LogP contribution is -2.35. The first-order valence-corrected chi connectivity index (χ1v) is 5.47. The maximum Gasteiger partial charge on any atom is 0.00709 e. The highest BCUT2D eigenvalue weighted by Crippen LogP contribution is 2.44. The van der Waals surface area contributed by atoms with Crippen molar-refractivity contribution >= 4 is 12.6 Å². The number of rotatable bonds is 0. The molecule has 1 heteroatoms. The lowest BCUT2D eigenvalue weighted by molar-refractivity contribution is 0.155. The van der Waals surface area contributed by atoms with Gasteiger partial charge in [-0.05, 0) is 37.0 Å². The Hall–Kier alpha value is 0.350. The Bertz CT molecular complexity index is 142. The molecule has 2 saturated carbocycles. The third-order valence-corrected chi connectivity index (χ3v) is 4.53. The molecule has 4 atom stereocenters. The minimum atomic E-state index is 0.714. The monoisotopic (exact) mass is 170 g/mol. The van der Waals surface area contributed by atoms with Crippen molar-refractivity contribution in [2.45, 2.75) is 44.3 Å². The molecular weight excluding hydrogens is 152 g/mol. The van der Waals surface area contributed by atoms with Crippen molar-refractivity contribution in [2.24, 2.45) is 17.8 Å². The van der Waals surface area contributed by atoms with E-state index in [0.29, 0.717) is 5.25 Å². The summed E-state index contributed by atoms with van der Waals surface area (Å²) in [6.45, 7) is 2.38. The summed E-state index contributed by atoms with van der Waals surface area (Å²) in [7, 11) is 0. The van der Waals surface area contributed by atoms with E-state index in [4.69, 9.17) is 12.6 Å². The molecule has 2 fully saturated rings. The Morgan fingerprint density at radius 3 is 2.82 bits per heavy atom. The number of thiol groups is 1. The van der Waals surface area contributed by atoms with Gasteiger partial charge in [0.2, 0.25) is 0 Å². The van der Waals surface area contributed by atoms with Crippen LogP contribution in [0.15, 0.2) is 0 Å². The fourth-order valence-corrected chi connectivity index (χ4v) is 3.38. The molecule has 0 aliphatic heterocycles. The van der Waals surface area contributed by atoms with Crippen LogP contribution >= 0.6 is 12.6 Å². The Labute approximate surface area is 75.2 Å². The zero-order valence-corrected chi connectivity index (χ0v) is 8.19. The zero-order valence-electron chi connectivity index (χ0n) is 7.29. The Kier molecular flexibility index (Phi) is 2.18. The van der Waals surface area contributed by atoms with Gasteiger partial charge in [0.25, 0.3) is 0 Å². The molecule has 0 aromatic carbocycles. The van der Waals surface area contributed by atoms with E-state index >= 15 is 0 Å². The quantitative estimate of drug-likeness (QED) is 0.531. The van der Waals surface area contributed by atoms with E-state index in [9.17, 15) is 0 Å². The molecule has 0 saturated heterocycles. The van der Waals surface area contributed by atoms with Crippen molar-refractivity contribution in [3.05, 3.63) is 0 Å². The number of hydrogen-bond acceptors (Lipinski definition) is 1. The van der Waals surface area contributed by atoms with Crippen molar-refractivity contribution in [1.82, 2.24) is 0 Å². The molecule has 4 unspecified atom stereocenters. The Morgan fingerprint density at radius 2 is 2.00 bits per heavy atom. The molecule has 2 bridgehead atoms. The summed E-state index contributed by atoms with van der Waals surface area (Å²) in [5.41, 5.74) is 0. The normalized spacial score (nSPS) is 50.7. The van der Waals surface area contributed by atoms with Crippen molar-refractivity contribution < 1.29 is 0 Å². The van der Waals surface area contributed by atoms with E-state index in [1.54, 1.807) is 0 Å². The number of hydrogen-bond donors (Lipinski definition) is 1.